The molecule has 0 saturated carbocycles. The van der Waals surface area contributed by atoms with E-state index < -0.39 is 0 Å². The Morgan fingerprint density at radius 1 is 1.19 bits per heavy atom. The van der Waals surface area contributed by atoms with Gasteiger partial charge in [0.15, 0.2) is 15.8 Å². The molecule has 0 spiro atoms. The summed E-state index contributed by atoms with van der Waals surface area (Å²) in [6.45, 7) is 5.33. The molecule has 12 heteroatoms. The molecule has 0 saturated heterocycles. The minimum atomic E-state index is -0.173. The SMILES string of the molecule is CC(=O)Nc1nnc(Sc2c(C)nn(-c3ccc4nncn4n3)c2C)s1. The van der Waals surface area contributed by atoms with E-state index in [-0.39, 0.29) is 5.91 Å². The lowest BCUT2D eigenvalue weighted by molar-refractivity contribution is -0.114. The molecule has 1 N–H and O–H groups in total. The number of hydrogen-bond donors (Lipinski definition) is 1. The molecule has 4 aromatic heterocycles. The van der Waals surface area contributed by atoms with Gasteiger partial charge in [-0.25, -0.2) is 4.68 Å². The van der Waals surface area contributed by atoms with Gasteiger partial charge >= 0.3 is 0 Å². The molecule has 0 aliphatic heterocycles. The summed E-state index contributed by atoms with van der Waals surface area (Å²) < 4.78 is 4.09. The fourth-order valence-electron chi connectivity index (χ4n) is 2.37. The fraction of sp³-hybridized carbons (Fsp3) is 0.214. The molecule has 0 unspecified atom stereocenters. The smallest absolute Gasteiger partial charge is 0.223 e. The van der Waals surface area contributed by atoms with Crippen molar-refractivity contribution in [2.45, 2.75) is 30.0 Å². The van der Waals surface area contributed by atoms with E-state index in [1.807, 2.05) is 26.0 Å². The van der Waals surface area contributed by atoms with Gasteiger partial charge in [-0.1, -0.05) is 23.1 Å². The standard InChI is InChI=1S/C14H13N9OS2/c1-7-12(25-14-19-18-13(26-14)16-9(3)24)8(2)23(20-7)11-5-4-10-17-15-6-22(10)21-11/h4-6H,1-3H3,(H,16,18,24). The second-order valence-corrected chi connectivity index (χ2v) is 7.63. The summed E-state index contributed by atoms with van der Waals surface area (Å²) >= 11 is 2.78. The molecular weight excluding hydrogens is 374 g/mol. The van der Waals surface area contributed by atoms with E-state index in [1.165, 1.54) is 30.0 Å². The van der Waals surface area contributed by atoms with Crippen molar-refractivity contribution in [1.29, 1.82) is 0 Å². The zero-order valence-corrected chi connectivity index (χ0v) is 15.7. The van der Waals surface area contributed by atoms with Crippen molar-refractivity contribution in [3.63, 3.8) is 0 Å². The lowest BCUT2D eigenvalue weighted by Crippen LogP contribution is -2.05. The molecule has 1 amide bonds. The number of aryl methyl sites for hydroxylation is 1. The molecule has 0 aromatic carbocycles. The number of nitrogens with one attached hydrogen (secondary N) is 1. The number of carbonyl (C=O) groups excluding carboxylic acids is 1. The van der Waals surface area contributed by atoms with Crippen molar-refractivity contribution >= 4 is 39.8 Å². The van der Waals surface area contributed by atoms with Crippen LogP contribution in [0.3, 0.4) is 0 Å². The average molecular weight is 387 g/mol. The molecule has 26 heavy (non-hydrogen) atoms. The van der Waals surface area contributed by atoms with Crippen LogP contribution in [0, 0.1) is 13.8 Å². The van der Waals surface area contributed by atoms with Gasteiger partial charge < -0.3 is 5.32 Å². The van der Waals surface area contributed by atoms with Crippen molar-refractivity contribution in [1.82, 2.24) is 39.8 Å². The first-order valence-electron chi connectivity index (χ1n) is 7.54. The third-order valence-corrected chi connectivity index (χ3v) is 5.65. The average Bonchev–Trinajstić information content (AvgIpc) is 3.29. The number of carbonyl (C=O) groups is 1. The maximum atomic E-state index is 11.1. The molecule has 0 bridgehead atoms. The number of rotatable bonds is 4. The third kappa shape index (κ3) is 3.04. The Balaban J connectivity index is 1.65. The van der Waals surface area contributed by atoms with Crippen LogP contribution in [0.5, 0.6) is 0 Å². The van der Waals surface area contributed by atoms with Crippen molar-refractivity contribution in [2.24, 2.45) is 0 Å². The predicted molar refractivity (Wildman–Crippen MR) is 95.7 cm³/mol. The molecule has 0 fully saturated rings. The first-order valence-corrected chi connectivity index (χ1v) is 9.17. The molecule has 132 valence electrons. The van der Waals surface area contributed by atoms with Crippen LogP contribution in [0.4, 0.5) is 5.13 Å². The van der Waals surface area contributed by atoms with E-state index in [1.54, 1.807) is 15.5 Å². The van der Waals surface area contributed by atoms with Crippen LogP contribution in [0.2, 0.25) is 0 Å². The normalized spacial score (nSPS) is 11.2. The highest BCUT2D eigenvalue weighted by Crippen LogP contribution is 2.36. The Hall–Kier alpha value is -2.86. The van der Waals surface area contributed by atoms with Crippen LogP contribution in [0.1, 0.15) is 18.3 Å². The zero-order chi connectivity index (χ0) is 18.3. The Bertz CT molecular complexity index is 1110. The Labute approximate surface area is 155 Å². The highest BCUT2D eigenvalue weighted by Gasteiger charge is 2.17. The van der Waals surface area contributed by atoms with Gasteiger partial charge in [0, 0.05) is 6.92 Å². The highest BCUT2D eigenvalue weighted by atomic mass is 32.2. The summed E-state index contributed by atoms with van der Waals surface area (Å²) in [7, 11) is 0. The minimum absolute atomic E-state index is 0.173. The lowest BCUT2D eigenvalue weighted by Gasteiger charge is -2.03. The number of anilines is 1. The van der Waals surface area contributed by atoms with Crippen molar-refractivity contribution in [3.05, 3.63) is 29.8 Å². The van der Waals surface area contributed by atoms with Crippen molar-refractivity contribution in [3.8, 4) is 5.82 Å². The van der Waals surface area contributed by atoms with E-state index in [9.17, 15) is 4.79 Å². The van der Waals surface area contributed by atoms with Crippen LogP contribution < -0.4 is 5.32 Å². The quantitative estimate of drug-likeness (QED) is 0.528. The van der Waals surface area contributed by atoms with Gasteiger partial charge in [0.05, 0.1) is 16.3 Å². The largest absolute Gasteiger partial charge is 0.301 e. The van der Waals surface area contributed by atoms with Crippen LogP contribution in [-0.4, -0.2) is 45.7 Å². The van der Waals surface area contributed by atoms with Crippen LogP contribution in [0.25, 0.3) is 11.5 Å². The molecule has 0 radical (unpaired) electrons. The summed E-state index contributed by atoms with van der Waals surface area (Å²) in [5, 5.41) is 28.0. The van der Waals surface area contributed by atoms with Gasteiger partial charge in [0.2, 0.25) is 11.0 Å². The van der Waals surface area contributed by atoms with Gasteiger partial charge in [-0.3, -0.25) is 4.79 Å². The lowest BCUT2D eigenvalue weighted by atomic mass is 10.4. The molecule has 0 aliphatic carbocycles. The minimum Gasteiger partial charge on any atom is -0.301 e. The Kier molecular flexibility index (Phi) is 4.12. The van der Waals surface area contributed by atoms with Gasteiger partial charge in [-0.15, -0.1) is 25.5 Å². The number of hydrogen-bond acceptors (Lipinski definition) is 9. The van der Waals surface area contributed by atoms with Gasteiger partial charge in [0.25, 0.3) is 0 Å². The first kappa shape index (κ1) is 16.6. The van der Waals surface area contributed by atoms with Crippen LogP contribution in [0.15, 0.2) is 27.7 Å². The Morgan fingerprint density at radius 3 is 2.85 bits per heavy atom. The van der Waals surface area contributed by atoms with E-state index in [4.69, 9.17) is 0 Å². The zero-order valence-electron chi connectivity index (χ0n) is 14.0. The fourth-order valence-corrected chi connectivity index (χ4v) is 4.23. The maximum Gasteiger partial charge on any atom is 0.223 e. The number of amides is 1. The summed E-state index contributed by atoms with van der Waals surface area (Å²) in [4.78, 5) is 12.1. The van der Waals surface area contributed by atoms with E-state index in [2.05, 4.69) is 35.9 Å². The summed E-state index contributed by atoms with van der Waals surface area (Å²) in [6, 6.07) is 3.68. The monoisotopic (exact) mass is 387 g/mol. The van der Waals surface area contributed by atoms with Gasteiger partial charge in [-0.2, -0.15) is 9.61 Å². The number of aromatic nitrogens is 8. The topological polar surface area (TPSA) is 116 Å². The second-order valence-electron chi connectivity index (χ2n) is 5.39. The van der Waals surface area contributed by atoms with Crippen molar-refractivity contribution in [2.75, 3.05) is 5.32 Å². The first-order chi connectivity index (χ1) is 12.5. The summed E-state index contributed by atoms with van der Waals surface area (Å²) in [5.41, 5.74) is 2.46. The second kappa shape index (κ2) is 6.46. The van der Waals surface area contributed by atoms with E-state index in [0.717, 1.165) is 20.6 Å². The predicted octanol–water partition coefficient (Wildman–Crippen LogP) is 1.89. The van der Waals surface area contributed by atoms with E-state index >= 15 is 0 Å². The number of nitrogens with zero attached hydrogens (tertiary/aromatic N) is 8. The number of fused-ring (bicyclic) bond motifs is 1. The van der Waals surface area contributed by atoms with Gasteiger partial charge in [-0.05, 0) is 26.0 Å². The molecule has 4 aromatic rings. The van der Waals surface area contributed by atoms with Crippen molar-refractivity contribution < 1.29 is 4.79 Å². The molecule has 0 aliphatic rings. The molecule has 10 nitrogen and oxygen atoms in total. The van der Waals surface area contributed by atoms with Crippen LogP contribution in [-0.2, 0) is 4.79 Å². The highest BCUT2D eigenvalue weighted by molar-refractivity contribution is 8.01. The van der Waals surface area contributed by atoms with E-state index in [0.29, 0.717) is 16.6 Å². The molecular formula is C14H13N9OS2. The molecule has 4 rings (SSSR count). The summed E-state index contributed by atoms with van der Waals surface area (Å²) in [5.74, 6) is 0.495. The summed E-state index contributed by atoms with van der Waals surface area (Å²) in [6.07, 6.45) is 1.55. The molecule has 0 atom stereocenters. The van der Waals surface area contributed by atoms with Gasteiger partial charge in [0.1, 0.15) is 6.33 Å². The van der Waals surface area contributed by atoms with Crippen LogP contribution >= 0.6 is 23.1 Å². The third-order valence-electron chi connectivity index (χ3n) is 3.47. The maximum absolute atomic E-state index is 11.1. The Morgan fingerprint density at radius 2 is 2.04 bits per heavy atom. The molecule has 4 heterocycles.